The average Bonchev–Trinajstić information content (AvgIpc) is 3.80. The number of hydrogen-bond acceptors (Lipinski definition) is 1. The van der Waals surface area contributed by atoms with Crippen molar-refractivity contribution in [3.05, 3.63) is 216 Å². The molecular weight excluding hydrogens is 725 g/mol. The van der Waals surface area contributed by atoms with Crippen molar-refractivity contribution in [3.8, 4) is 11.1 Å². The van der Waals surface area contributed by atoms with E-state index in [0.717, 1.165) is 17.6 Å². The lowest BCUT2D eigenvalue weighted by atomic mass is 9.74. The van der Waals surface area contributed by atoms with Gasteiger partial charge in [-0.2, -0.15) is 0 Å². The van der Waals surface area contributed by atoms with Crippen LogP contribution >= 0.6 is 0 Å². The third kappa shape index (κ3) is 4.58. The monoisotopic (exact) mass is 766 g/mol. The van der Waals surface area contributed by atoms with E-state index in [2.05, 4.69) is 202 Å². The summed E-state index contributed by atoms with van der Waals surface area (Å²) in [6, 6.07) is 49.7. The highest BCUT2D eigenvalue weighted by Gasteiger charge is 2.46. The number of hydrogen-bond donors (Lipinski definition) is 0. The van der Waals surface area contributed by atoms with Crippen molar-refractivity contribution in [3.63, 3.8) is 0 Å². The molecule has 60 heavy (non-hydrogen) atoms. The summed E-state index contributed by atoms with van der Waals surface area (Å²) in [5, 5.41) is 12.9. The molecule has 9 aromatic rings. The van der Waals surface area contributed by atoms with Gasteiger partial charge in [-0.3, -0.25) is 0 Å². The molecule has 284 valence electrons. The first kappa shape index (κ1) is 34.0. The third-order valence-corrected chi connectivity index (χ3v) is 14.4. The number of rotatable bonds is 3. The molecule has 0 aliphatic heterocycles. The zero-order valence-corrected chi connectivity index (χ0v) is 33.7. The molecule has 1 heterocycles. The fraction of sp³-hybridized carbons (Fsp3) is 0.119. The summed E-state index contributed by atoms with van der Waals surface area (Å²) in [6.07, 6.45) is 21.9. The molecule has 0 saturated heterocycles. The summed E-state index contributed by atoms with van der Waals surface area (Å²) < 4.78 is 6.84. The molecule has 1 nitrogen and oxygen atoms in total. The van der Waals surface area contributed by atoms with Gasteiger partial charge < -0.3 is 4.42 Å². The van der Waals surface area contributed by atoms with Crippen LogP contribution in [-0.4, -0.2) is 0 Å². The first-order valence-electron chi connectivity index (χ1n) is 21.5. The van der Waals surface area contributed by atoms with Crippen molar-refractivity contribution in [2.24, 2.45) is 11.8 Å². The van der Waals surface area contributed by atoms with Gasteiger partial charge in [-0.05, 0) is 94.5 Å². The second-order valence-corrected chi connectivity index (χ2v) is 17.8. The van der Waals surface area contributed by atoms with Gasteiger partial charge in [0, 0.05) is 39.5 Å². The molecule has 13 rings (SSSR count). The molecule has 0 fully saturated rings. The molecule has 8 aromatic carbocycles. The van der Waals surface area contributed by atoms with Crippen molar-refractivity contribution in [2.75, 3.05) is 0 Å². The maximum atomic E-state index is 6.84. The minimum atomic E-state index is -0.173. The quantitative estimate of drug-likeness (QED) is 0.163. The minimum absolute atomic E-state index is 0.173. The minimum Gasteiger partial charge on any atom is -0.456 e. The van der Waals surface area contributed by atoms with Crippen molar-refractivity contribution < 1.29 is 4.42 Å². The molecule has 0 bridgehead atoms. The molecule has 1 heteroatoms. The first-order chi connectivity index (χ1) is 29.6. The van der Waals surface area contributed by atoms with E-state index in [0.29, 0.717) is 11.8 Å². The lowest BCUT2D eigenvalue weighted by molar-refractivity contribution is 0.597. The van der Waals surface area contributed by atoms with Gasteiger partial charge in [-0.25, -0.2) is 0 Å². The fourth-order valence-electron chi connectivity index (χ4n) is 11.9. The molecule has 0 radical (unpaired) electrons. The Balaban J connectivity index is 0.994. The molecule has 1 aromatic heterocycles. The second-order valence-electron chi connectivity index (χ2n) is 17.8. The maximum Gasteiger partial charge on any atom is 0.140 e. The van der Waals surface area contributed by atoms with E-state index in [9.17, 15) is 0 Å². The topological polar surface area (TPSA) is 13.1 Å². The van der Waals surface area contributed by atoms with Crippen LogP contribution in [0.15, 0.2) is 198 Å². The van der Waals surface area contributed by atoms with Crippen molar-refractivity contribution >= 4 is 76.2 Å². The van der Waals surface area contributed by atoms with E-state index >= 15 is 0 Å². The largest absolute Gasteiger partial charge is 0.456 e. The summed E-state index contributed by atoms with van der Waals surface area (Å²) in [6.45, 7) is 4.81. The Hall–Kier alpha value is -6.96. The van der Waals surface area contributed by atoms with E-state index in [1.165, 1.54) is 104 Å². The van der Waals surface area contributed by atoms with Gasteiger partial charge in [0.05, 0.1) is 0 Å². The zero-order valence-electron chi connectivity index (χ0n) is 33.7. The van der Waals surface area contributed by atoms with Crippen LogP contribution in [0.4, 0.5) is 0 Å². The van der Waals surface area contributed by atoms with Crippen LogP contribution in [0.5, 0.6) is 0 Å². The zero-order chi connectivity index (χ0) is 39.7. The maximum absolute atomic E-state index is 6.84. The third-order valence-electron chi connectivity index (χ3n) is 14.4. The van der Waals surface area contributed by atoms with Crippen LogP contribution in [-0.2, 0) is 5.41 Å². The molecular formula is C59H42O. The fourth-order valence-corrected chi connectivity index (χ4v) is 11.9. The second kappa shape index (κ2) is 12.5. The Bertz CT molecular complexity index is 3500. The van der Waals surface area contributed by atoms with Crippen LogP contribution in [0.1, 0.15) is 48.4 Å². The van der Waals surface area contributed by atoms with E-state index in [1.54, 1.807) is 0 Å². The SMILES string of the molecule is CC1(C)C2=CC=C(c3ccc(-c4c5ccccc5c(C5=CC=CC6C=CC=CC56)c5ccccc45)c4ccccc34)CC2c2c1c1oc3ccccc3c1c1ccccc21. The van der Waals surface area contributed by atoms with Crippen molar-refractivity contribution in [1.29, 1.82) is 0 Å². The Morgan fingerprint density at radius 1 is 0.500 bits per heavy atom. The summed E-state index contributed by atoms with van der Waals surface area (Å²) >= 11 is 0. The standard InChI is InChI=1S/C59H42O/c1-59(2)51-33-30-36(34-50(51)55-46-25-11-12-26-47(46)56-49-27-13-14-29-52(49)60-58(56)57(55)59)38-31-32-48(40-20-6-5-19-39(38)40)54-44-23-9-7-21-42(44)53(43-22-8-10-24-45(43)54)41-28-15-17-35-16-3-4-18-37(35)41/h3-33,35,37,50H,34H2,1-2H3. The van der Waals surface area contributed by atoms with Crippen molar-refractivity contribution in [2.45, 2.75) is 31.6 Å². The highest BCUT2D eigenvalue weighted by Crippen LogP contribution is 2.60. The molecule has 0 saturated carbocycles. The van der Waals surface area contributed by atoms with Gasteiger partial charge in [-0.15, -0.1) is 0 Å². The van der Waals surface area contributed by atoms with Gasteiger partial charge in [0.2, 0.25) is 0 Å². The Morgan fingerprint density at radius 2 is 1.07 bits per heavy atom. The van der Waals surface area contributed by atoms with Gasteiger partial charge in [0.25, 0.3) is 0 Å². The normalized spacial score (nSPS) is 20.2. The van der Waals surface area contributed by atoms with Crippen molar-refractivity contribution in [1.82, 2.24) is 0 Å². The molecule has 0 amide bonds. The van der Waals surface area contributed by atoms with Crippen LogP contribution < -0.4 is 0 Å². The van der Waals surface area contributed by atoms with Crippen LogP contribution in [0.2, 0.25) is 0 Å². The smallest absolute Gasteiger partial charge is 0.140 e. The van der Waals surface area contributed by atoms with Gasteiger partial charge in [0.15, 0.2) is 0 Å². The molecule has 3 atom stereocenters. The Morgan fingerprint density at radius 3 is 1.80 bits per heavy atom. The number of benzene rings is 8. The lowest BCUT2D eigenvalue weighted by Crippen LogP contribution is -2.18. The molecule has 3 unspecified atom stereocenters. The van der Waals surface area contributed by atoms with E-state index in [1.807, 2.05) is 0 Å². The number of allylic oxidation sites excluding steroid dienone is 12. The van der Waals surface area contributed by atoms with Crippen LogP contribution in [0.25, 0.3) is 87.3 Å². The molecule has 0 spiro atoms. The van der Waals surface area contributed by atoms with Gasteiger partial charge in [-0.1, -0.05) is 201 Å². The summed E-state index contributed by atoms with van der Waals surface area (Å²) in [5.41, 5.74) is 14.1. The van der Waals surface area contributed by atoms with Crippen LogP contribution in [0, 0.1) is 11.8 Å². The Labute approximate surface area is 349 Å². The number of fused-ring (bicyclic) bond motifs is 14. The molecule has 0 N–H and O–H groups in total. The lowest BCUT2D eigenvalue weighted by Gasteiger charge is -2.30. The first-order valence-corrected chi connectivity index (χ1v) is 21.5. The van der Waals surface area contributed by atoms with E-state index in [-0.39, 0.29) is 11.3 Å². The number of furan rings is 1. The predicted molar refractivity (Wildman–Crippen MR) is 254 cm³/mol. The number of para-hydroxylation sites is 1. The average molecular weight is 767 g/mol. The molecule has 4 aliphatic carbocycles. The van der Waals surface area contributed by atoms with Gasteiger partial charge in [0.1, 0.15) is 11.2 Å². The van der Waals surface area contributed by atoms with Crippen LogP contribution in [0.3, 0.4) is 0 Å². The van der Waals surface area contributed by atoms with E-state index in [4.69, 9.17) is 4.42 Å². The highest BCUT2D eigenvalue weighted by molar-refractivity contribution is 6.23. The van der Waals surface area contributed by atoms with Gasteiger partial charge >= 0.3 is 0 Å². The Kier molecular flexibility index (Phi) is 7.09. The summed E-state index contributed by atoms with van der Waals surface area (Å²) in [4.78, 5) is 0. The molecule has 4 aliphatic rings. The van der Waals surface area contributed by atoms with E-state index < -0.39 is 0 Å². The summed E-state index contributed by atoms with van der Waals surface area (Å²) in [5.74, 6) is 0.947. The summed E-state index contributed by atoms with van der Waals surface area (Å²) in [7, 11) is 0. The predicted octanol–water partition coefficient (Wildman–Crippen LogP) is 16.0. The highest BCUT2D eigenvalue weighted by atomic mass is 16.3.